The highest BCUT2D eigenvalue weighted by Gasteiger charge is 2.25. The molecule has 0 saturated heterocycles. The van der Waals surface area contributed by atoms with Gasteiger partial charge in [0.2, 0.25) is 5.88 Å². The van der Waals surface area contributed by atoms with E-state index in [9.17, 15) is 9.90 Å². The van der Waals surface area contributed by atoms with Crippen LogP contribution in [0.5, 0.6) is 5.88 Å². The maximum Gasteiger partial charge on any atom is 0.335 e. The number of carboxylic acids is 1. The first-order valence-electron chi connectivity index (χ1n) is 9.44. The molecule has 2 aromatic heterocycles. The molecule has 0 unspecified atom stereocenters. The van der Waals surface area contributed by atoms with E-state index in [1.165, 1.54) is 31.0 Å². The van der Waals surface area contributed by atoms with Gasteiger partial charge in [0.15, 0.2) is 5.82 Å². The van der Waals surface area contributed by atoms with Crippen LogP contribution in [0.25, 0.3) is 16.6 Å². The van der Waals surface area contributed by atoms with Crippen LogP contribution in [0.3, 0.4) is 0 Å². The average Bonchev–Trinajstić information content (AvgIpc) is 3.34. The summed E-state index contributed by atoms with van der Waals surface area (Å²) in [7, 11) is 1.51. The van der Waals surface area contributed by atoms with E-state index in [1.54, 1.807) is 39.7 Å². The van der Waals surface area contributed by atoms with Crippen molar-refractivity contribution >= 4 is 40.2 Å². The van der Waals surface area contributed by atoms with Crippen molar-refractivity contribution in [1.29, 1.82) is 0 Å². The number of benzene rings is 2. The van der Waals surface area contributed by atoms with Crippen LogP contribution in [0, 0.1) is 5.82 Å². The molecule has 6 nitrogen and oxygen atoms in total. The maximum absolute atomic E-state index is 15.2. The van der Waals surface area contributed by atoms with Gasteiger partial charge in [0.1, 0.15) is 0 Å². The van der Waals surface area contributed by atoms with E-state index in [2.05, 4.69) is 5.10 Å². The molecule has 0 bridgehead atoms. The first kappa shape index (κ1) is 21.3. The van der Waals surface area contributed by atoms with E-state index in [4.69, 9.17) is 16.3 Å². The molecule has 31 heavy (non-hydrogen) atoms. The van der Waals surface area contributed by atoms with Crippen LogP contribution in [-0.4, -0.2) is 32.5 Å². The number of ether oxygens (including phenoxy) is 1. The Morgan fingerprint density at radius 2 is 2.06 bits per heavy atom. The average molecular weight is 460 g/mol. The van der Waals surface area contributed by atoms with Crippen molar-refractivity contribution in [2.75, 3.05) is 7.11 Å². The molecule has 160 valence electrons. The third-order valence-corrected chi connectivity index (χ3v) is 6.18. The zero-order valence-electron chi connectivity index (χ0n) is 17.0. The molecule has 0 amide bonds. The Bertz CT molecular complexity index is 1300. The van der Waals surface area contributed by atoms with Gasteiger partial charge in [0.05, 0.1) is 40.0 Å². The Morgan fingerprint density at radius 3 is 2.71 bits per heavy atom. The standard InChI is InChI=1S/C22H19ClFN3O3S/c1-12(2)26-11-14(10-25-26)27-19-16(7-8-17(23)18(19)24)20(21(27)30-3)31-15-6-4-5-13(9-15)22(28)29/h4-12H,1-3H3,(H,28,29). The summed E-state index contributed by atoms with van der Waals surface area (Å²) in [5, 5.41) is 14.3. The third-order valence-electron chi connectivity index (χ3n) is 4.80. The van der Waals surface area contributed by atoms with E-state index in [1.807, 2.05) is 20.0 Å². The molecule has 2 aromatic carbocycles. The summed E-state index contributed by atoms with van der Waals surface area (Å²) in [4.78, 5) is 12.7. The van der Waals surface area contributed by atoms with Crippen LogP contribution in [0.15, 0.2) is 58.6 Å². The predicted molar refractivity (Wildman–Crippen MR) is 118 cm³/mol. The van der Waals surface area contributed by atoms with Crippen LogP contribution in [0.2, 0.25) is 5.02 Å². The van der Waals surface area contributed by atoms with Gasteiger partial charge in [-0.2, -0.15) is 5.10 Å². The van der Waals surface area contributed by atoms with Crippen molar-refractivity contribution in [3.63, 3.8) is 0 Å². The van der Waals surface area contributed by atoms with E-state index < -0.39 is 11.8 Å². The van der Waals surface area contributed by atoms with Gasteiger partial charge < -0.3 is 9.84 Å². The predicted octanol–water partition coefficient (Wildman–Crippen LogP) is 6.06. The molecule has 0 fully saturated rings. The normalized spacial score (nSPS) is 11.4. The Balaban J connectivity index is 1.97. The fraction of sp³-hybridized carbons (Fsp3) is 0.182. The Kier molecular flexibility index (Phi) is 5.68. The largest absolute Gasteiger partial charge is 0.481 e. The van der Waals surface area contributed by atoms with Crippen molar-refractivity contribution in [2.45, 2.75) is 29.7 Å². The zero-order chi connectivity index (χ0) is 22.3. The number of rotatable bonds is 6. The van der Waals surface area contributed by atoms with E-state index >= 15 is 4.39 Å². The molecule has 4 aromatic rings. The summed E-state index contributed by atoms with van der Waals surface area (Å²) < 4.78 is 24.3. The highest BCUT2D eigenvalue weighted by molar-refractivity contribution is 7.99. The monoisotopic (exact) mass is 459 g/mol. The lowest BCUT2D eigenvalue weighted by atomic mass is 10.2. The summed E-state index contributed by atoms with van der Waals surface area (Å²) >= 11 is 7.40. The molecular formula is C22H19ClFN3O3S. The molecule has 9 heteroatoms. The van der Waals surface area contributed by atoms with Gasteiger partial charge in [-0.3, -0.25) is 9.25 Å². The summed E-state index contributed by atoms with van der Waals surface area (Å²) in [6.07, 6.45) is 3.45. The third kappa shape index (κ3) is 3.77. The van der Waals surface area contributed by atoms with Crippen molar-refractivity contribution in [1.82, 2.24) is 14.3 Å². The van der Waals surface area contributed by atoms with Crippen LogP contribution in [0.1, 0.15) is 30.2 Å². The molecule has 0 aliphatic heterocycles. The lowest BCUT2D eigenvalue weighted by Crippen LogP contribution is -2.01. The summed E-state index contributed by atoms with van der Waals surface area (Å²) in [5.41, 5.74) is 1.06. The van der Waals surface area contributed by atoms with Gasteiger partial charge >= 0.3 is 5.97 Å². The number of carboxylic acid groups (broad SMARTS) is 1. The number of nitrogens with zero attached hydrogens (tertiary/aromatic N) is 3. The van der Waals surface area contributed by atoms with E-state index in [0.717, 1.165) is 0 Å². The second-order valence-corrected chi connectivity index (χ2v) is 8.63. The number of hydrogen-bond acceptors (Lipinski definition) is 4. The van der Waals surface area contributed by atoms with Gasteiger partial charge in [-0.25, -0.2) is 9.18 Å². The van der Waals surface area contributed by atoms with Crippen molar-refractivity contribution in [3.05, 3.63) is 65.2 Å². The fourth-order valence-corrected chi connectivity index (χ4v) is 4.58. The van der Waals surface area contributed by atoms with Gasteiger partial charge in [-0.15, -0.1) is 0 Å². The molecule has 4 rings (SSSR count). The number of methoxy groups -OCH3 is 1. The second kappa shape index (κ2) is 8.28. The molecule has 0 spiro atoms. The van der Waals surface area contributed by atoms with Crippen LogP contribution >= 0.6 is 23.4 Å². The molecule has 0 aliphatic carbocycles. The van der Waals surface area contributed by atoms with Crippen LogP contribution in [0.4, 0.5) is 4.39 Å². The van der Waals surface area contributed by atoms with Crippen LogP contribution < -0.4 is 4.74 Å². The molecule has 0 radical (unpaired) electrons. The quantitative estimate of drug-likeness (QED) is 0.379. The molecule has 1 N–H and O–H groups in total. The molecule has 2 heterocycles. The van der Waals surface area contributed by atoms with Gasteiger partial charge in [-0.05, 0) is 44.2 Å². The van der Waals surface area contributed by atoms with Crippen LogP contribution in [-0.2, 0) is 0 Å². The summed E-state index contributed by atoms with van der Waals surface area (Å²) in [6, 6.07) is 9.91. The van der Waals surface area contributed by atoms with E-state index in [0.29, 0.717) is 26.7 Å². The Hall–Kier alpha value is -2.97. The number of fused-ring (bicyclic) bond motifs is 1. The number of aromatic carboxylic acids is 1. The van der Waals surface area contributed by atoms with Gasteiger partial charge in [0, 0.05) is 22.5 Å². The lowest BCUT2D eigenvalue weighted by molar-refractivity contribution is 0.0696. The molecule has 0 aliphatic rings. The second-order valence-electron chi connectivity index (χ2n) is 7.14. The number of carbonyl (C=O) groups is 1. The smallest absolute Gasteiger partial charge is 0.335 e. The van der Waals surface area contributed by atoms with E-state index in [-0.39, 0.29) is 22.1 Å². The number of hydrogen-bond donors (Lipinski definition) is 1. The Labute approximate surface area is 187 Å². The number of aromatic nitrogens is 3. The van der Waals surface area contributed by atoms with Gasteiger partial charge in [0.25, 0.3) is 0 Å². The highest BCUT2D eigenvalue weighted by Crippen LogP contribution is 2.46. The minimum atomic E-state index is -1.02. The summed E-state index contributed by atoms with van der Waals surface area (Å²) in [6.45, 7) is 3.99. The zero-order valence-corrected chi connectivity index (χ0v) is 18.5. The minimum absolute atomic E-state index is 0.00502. The lowest BCUT2D eigenvalue weighted by Gasteiger charge is -2.10. The van der Waals surface area contributed by atoms with Crippen molar-refractivity contribution in [2.24, 2.45) is 0 Å². The maximum atomic E-state index is 15.2. The topological polar surface area (TPSA) is 69.3 Å². The Morgan fingerprint density at radius 1 is 1.29 bits per heavy atom. The van der Waals surface area contributed by atoms with Crippen molar-refractivity contribution in [3.8, 4) is 11.6 Å². The number of halogens is 2. The SMILES string of the molecule is COc1c(Sc2cccc(C(=O)O)c2)c2ccc(Cl)c(F)c2n1-c1cnn(C(C)C)c1. The first-order valence-corrected chi connectivity index (χ1v) is 10.6. The first-order chi connectivity index (χ1) is 14.8. The minimum Gasteiger partial charge on any atom is -0.481 e. The fourth-order valence-electron chi connectivity index (χ4n) is 3.33. The molecular weight excluding hydrogens is 441 g/mol. The highest BCUT2D eigenvalue weighted by atomic mass is 35.5. The molecule has 0 saturated carbocycles. The summed E-state index contributed by atoms with van der Waals surface area (Å²) in [5.74, 6) is -1.18. The molecule has 0 atom stereocenters. The van der Waals surface area contributed by atoms with Crippen molar-refractivity contribution < 1.29 is 19.0 Å². The van der Waals surface area contributed by atoms with Gasteiger partial charge in [-0.1, -0.05) is 29.4 Å².